The van der Waals surface area contributed by atoms with E-state index >= 15 is 0 Å². The van der Waals surface area contributed by atoms with Gasteiger partial charge in [-0.1, -0.05) is 20.8 Å². The summed E-state index contributed by atoms with van der Waals surface area (Å²) in [5, 5.41) is 0. The average molecular weight is 156 g/mol. The molecule has 0 rings (SSSR count). The quantitative estimate of drug-likeness (QED) is 0.481. The van der Waals surface area contributed by atoms with Crippen LogP contribution in [0.2, 0.25) is 0 Å². The summed E-state index contributed by atoms with van der Waals surface area (Å²) in [5.74, 6) is 1.54. The van der Waals surface area contributed by atoms with Crippen molar-refractivity contribution in [1.29, 1.82) is 0 Å². The lowest BCUT2D eigenvalue weighted by Gasteiger charge is -2.01. The lowest BCUT2D eigenvalue weighted by atomic mass is 10.1. The normalized spacial score (nSPS) is 12.5. The predicted octanol–water partition coefficient (Wildman–Crippen LogP) is 2.19. The van der Waals surface area contributed by atoms with Crippen molar-refractivity contribution in [2.75, 3.05) is 6.54 Å². The average Bonchev–Trinajstić information content (AvgIpc) is 1.87. The first kappa shape index (κ1) is 10.5. The highest BCUT2D eigenvalue weighted by atomic mass is 14.8. The molecular weight excluding hydrogens is 136 g/mol. The van der Waals surface area contributed by atoms with Gasteiger partial charge in [0.05, 0.1) is 5.84 Å². The van der Waals surface area contributed by atoms with Crippen LogP contribution in [-0.4, -0.2) is 12.4 Å². The Labute approximate surface area is 69.9 Å². The van der Waals surface area contributed by atoms with Crippen LogP contribution in [0, 0.1) is 5.92 Å². The molecule has 0 aromatic carbocycles. The first-order valence-corrected chi connectivity index (χ1v) is 4.45. The Morgan fingerprint density at radius 3 is 2.55 bits per heavy atom. The van der Waals surface area contributed by atoms with Gasteiger partial charge in [-0.25, -0.2) is 0 Å². The zero-order valence-corrected chi connectivity index (χ0v) is 7.93. The van der Waals surface area contributed by atoms with Crippen molar-refractivity contribution in [3.63, 3.8) is 0 Å². The minimum absolute atomic E-state index is 0.730. The Hall–Kier alpha value is -0.530. The second-order valence-corrected chi connectivity index (χ2v) is 3.31. The van der Waals surface area contributed by atoms with Gasteiger partial charge in [-0.05, 0) is 18.8 Å². The monoisotopic (exact) mass is 156 g/mol. The van der Waals surface area contributed by atoms with Crippen LogP contribution in [0.15, 0.2) is 4.99 Å². The molecule has 0 amide bonds. The molecule has 0 aromatic rings. The molecule has 2 nitrogen and oxygen atoms in total. The van der Waals surface area contributed by atoms with E-state index in [0.717, 1.165) is 37.6 Å². The number of nitrogens with zero attached hydrogens (tertiary/aromatic N) is 1. The predicted molar refractivity (Wildman–Crippen MR) is 50.9 cm³/mol. The van der Waals surface area contributed by atoms with Crippen molar-refractivity contribution >= 4 is 5.84 Å². The fraction of sp³-hybridized carbons (Fsp3) is 0.889. The van der Waals surface area contributed by atoms with E-state index in [-0.39, 0.29) is 0 Å². The maximum atomic E-state index is 5.62. The third kappa shape index (κ3) is 7.37. The first-order valence-electron chi connectivity index (χ1n) is 4.45. The highest BCUT2D eigenvalue weighted by molar-refractivity contribution is 5.80. The molecule has 0 aliphatic rings. The molecule has 0 aliphatic heterocycles. The number of amidine groups is 1. The van der Waals surface area contributed by atoms with Crippen LogP contribution in [0.4, 0.5) is 0 Å². The molecule has 0 atom stereocenters. The zero-order valence-electron chi connectivity index (χ0n) is 7.93. The van der Waals surface area contributed by atoms with Crippen LogP contribution in [0.25, 0.3) is 0 Å². The molecule has 2 heteroatoms. The molecule has 0 aliphatic carbocycles. The smallest absolute Gasteiger partial charge is 0.0936 e. The summed E-state index contributed by atoms with van der Waals surface area (Å²) in [6.45, 7) is 7.41. The van der Waals surface area contributed by atoms with Crippen LogP contribution in [0.1, 0.15) is 40.0 Å². The molecule has 0 saturated carbocycles. The summed E-state index contributed by atoms with van der Waals surface area (Å²) in [6.07, 6.45) is 3.18. The Balaban J connectivity index is 3.39. The Morgan fingerprint density at radius 2 is 2.09 bits per heavy atom. The summed E-state index contributed by atoms with van der Waals surface area (Å²) in [6, 6.07) is 0. The number of hydrogen-bond donors (Lipinski definition) is 1. The standard InChI is InChI=1S/C9H20N2/c1-4-5-9(10)11-7-6-8(2)3/h8H,4-7H2,1-3H3,(H2,10,11). The fourth-order valence-corrected chi connectivity index (χ4v) is 0.802. The summed E-state index contributed by atoms with van der Waals surface area (Å²) < 4.78 is 0. The van der Waals surface area contributed by atoms with E-state index in [2.05, 4.69) is 25.8 Å². The van der Waals surface area contributed by atoms with E-state index in [1.54, 1.807) is 0 Å². The molecule has 2 N–H and O–H groups in total. The minimum atomic E-state index is 0.730. The highest BCUT2D eigenvalue weighted by Gasteiger charge is 1.92. The summed E-state index contributed by atoms with van der Waals surface area (Å²) in [7, 11) is 0. The maximum Gasteiger partial charge on any atom is 0.0936 e. The van der Waals surface area contributed by atoms with E-state index in [1.165, 1.54) is 0 Å². The van der Waals surface area contributed by atoms with Crippen molar-refractivity contribution in [2.24, 2.45) is 16.6 Å². The summed E-state index contributed by atoms with van der Waals surface area (Å²) >= 11 is 0. The molecular formula is C9H20N2. The number of hydrogen-bond acceptors (Lipinski definition) is 1. The van der Waals surface area contributed by atoms with Gasteiger partial charge < -0.3 is 5.73 Å². The summed E-state index contributed by atoms with van der Waals surface area (Å²) in [4.78, 5) is 4.25. The van der Waals surface area contributed by atoms with E-state index in [0.29, 0.717) is 0 Å². The van der Waals surface area contributed by atoms with E-state index in [4.69, 9.17) is 5.73 Å². The number of rotatable bonds is 5. The lowest BCUT2D eigenvalue weighted by molar-refractivity contribution is 0.596. The van der Waals surface area contributed by atoms with Crippen molar-refractivity contribution in [3.05, 3.63) is 0 Å². The van der Waals surface area contributed by atoms with Gasteiger partial charge in [-0.3, -0.25) is 4.99 Å². The molecule has 0 saturated heterocycles. The lowest BCUT2D eigenvalue weighted by Crippen LogP contribution is -2.11. The SMILES string of the molecule is CCCC(N)=NCCC(C)C. The van der Waals surface area contributed by atoms with Crippen LogP contribution in [0.3, 0.4) is 0 Å². The van der Waals surface area contributed by atoms with Crippen LogP contribution >= 0.6 is 0 Å². The van der Waals surface area contributed by atoms with Crippen LogP contribution < -0.4 is 5.73 Å². The molecule has 0 spiro atoms. The van der Waals surface area contributed by atoms with E-state index in [9.17, 15) is 0 Å². The zero-order chi connectivity index (χ0) is 8.69. The molecule has 66 valence electrons. The van der Waals surface area contributed by atoms with Gasteiger partial charge in [0, 0.05) is 13.0 Å². The van der Waals surface area contributed by atoms with Gasteiger partial charge in [0.2, 0.25) is 0 Å². The molecule has 0 heterocycles. The van der Waals surface area contributed by atoms with Gasteiger partial charge in [0.1, 0.15) is 0 Å². The fourth-order valence-electron chi connectivity index (χ4n) is 0.802. The van der Waals surface area contributed by atoms with Crippen molar-refractivity contribution in [3.8, 4) is 0 Å². The minimum Gasteiger partial charge on any atom is -0.387 e. The maximum absolute atomic E-state index is 5.62. The largest absolute Gasteiger partial charge is 0.387 e. The second-order valence-electron chi connectivity index (χ2n) is 3.31. The second kappa shape index (κ2) is 6.20. The van der Waals surface area contributed by atoms with Gasteiger partial charge in [-0.15, -0.1) is 0 Å². The molecule has 0 radical (unpaired) electrons. The topological polar surface area (TPSA) is 38.4 Å². The van der Waals surface area contributed by atoms with Crippen molar-refractivity contribution in [1.82, 2.24) is 0 Å². The Bertz CT molecular complexity index is 117. The van der Waals surface area contributed by atoms with Crippen molar-refractivity contribution < 1.29 is 0 Å². The number of aliphatic imine (C=N–C) groups is 1. The molecule has 0 bridgehead atoms. The van der Waals surface area contributed by atoms with Gasteiger partial charge in [0.15, 0.2) is 0 Å². The molecule has 0 aromatic heterocycles. The van der Waals surface area contributed by atoms with Crippen LogP contribution in [0.5, 0.6) is 0 Å². The summed E-state index contributed by atoms with van der Waals surface area (Å²) in [5.41, 5.74) is 5.62. The third-order valence-electron chi connectivity index (χ3n) is 1.53. The van der Waals surface area contributed by atoms with Gasteiger partial charge >= 0.3 is 0 Å². The van der Waals surface area contributed by atoms with Gasteiger partial charge in [-0.2, -0.15) is 0 Å². The Kier molecular flexibility index (Phi) is 5.90. The Morgan fingerprint density at radius 1 is 1.45 bits per heavy atom. The van der Waals surface area contributed by atoms with E-state index < -0.39 is 0 Å². The molecule has 11 heavy (non-hydrogen) atoms. The molecule has 0 fully saturated rings. The van der Waals surface area contributed by atoms with E-state index in [1.807, 2.05) is 0 Å². The van der Waals surface area contributed by atoms with Crippen molar-refractivity contribution in [2.45, 2.75) is 40.0 Å². The third-order valence-corrected chi connectivity index (χ3v) is 1.53. The number of nitrogens with two attached hydrogens (primary N) is 1. The molecule has 0 unspecified atom stereocenters. The first-order chi connectivity index (χ1) is 5.16. The van der Waals surface area contributed by atoms with Gasteiger partial charge in [0.25, 0.3) is 0 Å². The highest BCUT2D eigenvalue weighted by Crippen LogP contribution is 1.98. The van der Waals surface area contributed by atoms with Crippen LogP contribution in [-0.2, 0) is 0 Å².